The van der Waals surface area contributed by atoms with Crippen LogP contribution in [-0.2, 0) is 6.54 Å². The lowest BCUT2D eigenvalue weighted by Gasteiger charge is -2.25. The minimum atomic E-state index is 0.795. The highest BCUT2D eigenvalue weighted by Crippen LogP contribution is 2.30. The van der Waals surface area contributed by atoms with Crippen molar-refractivity contribution < 1.29 is 0 Å². The predicted octanol–water partition coefficient (Wildman–Crippen LogP) is 1.93. The van der Waals surface area contributed by atoms with Gasteiger partial charge in [-0.15, -0.1) is 0 Å². The Labute approximate surface area is 122 Å². The molecule has 1 aliphatic carbocycles. The second-order valence-corrected chi connectivity index (χ2v) is 6.39. The Morgan fingerprint density at radius 2 is 1.95 bits per heavy atom. The molecule has 1 heterocycles. The molecular weight excluding hydrogens is 246 g/mol. The Morgan fingerprint density at radius 3 is 2.65 bits per heavy atom. The van der Waals surface area contributed by atoms with Crippen molar-refractivity contribution in [2.45, 2.75) is 31.8 Å². The van der Waals surface area contributed by atoms with E-state index in [1.54, 1.807) is 0 Å². The smallest absolute Gasteiger partial charge is 0.0236 e. The van der Waals surface area contributed by atoms with E-state index in [-0.39, 0.29) is 0 Å². The zero-order valence-electron chi connectivity index (χ0n) is 12.4. The maximum Gasteiger partial charge on any atom is 0.0236 e. The molecule has 0 aromatic heterocycles. The van der Waals surface area contributed by atoms with Crippen LogP contribution in [0.5, 0.6) is 0 Å². The number of hydrogen-bond acceptors (Lipinski definition) is 3. The van der Waals surface area contributed by atoms with E-state index in [1.807, 2.05) is 0 Å². The Balaban J connectivity index is 1.53. The monoisotopic (exact) mass is 273 g/mol. The van der Waals surface area contributed by atoms with Gasteiger partial charge in [0.05, 0.1) is 0 Å². The lowest BCUT2D eigenvalue weighted by atomic mass is 10.1. The van der Waals surface area contributed by atoms with Crippen molar-refractivity contribution >= 4 is 0 Å². The number of hydrogen-bond donors (Lipinski definition) is 1. The highest BCUT2D eigenvalue weighted by Gasteiger charge is 2.32. The lowest BCUT2D eigenvalue weighted by Crippen LogP contribution is -2.33. The Morgan fingerprint density at radius 1 is 1.15 bits per heavy atom. The highest BCUT2D eigenvalue weighted by atomic mass is 15.2. The van der Waals surface area contributed by atoms with Gasteiger partial charge < -0.3 is 10.6 Å². The molecule has 3 rings (SSSR count). The number of benzene rings is 1. The van der Waals surface area contributed by atoms with E-state index < -0.39 is 0 Å². The van der Waals surface area contributed by atoms with Crippen LogP contribution >= 0.6 is 0 Å². The van der Waals surface area contributed by atoms with Gasteiger partial charge >= 0.3 is 0 Å². The summed E-state index contributed by atoms with van der Waals surface area (Å²) < 4.78 is 0. The number of nitrogens with zero attached hydrogens (tertiary/aromatic N) is 2. The topological polar surface area (TPSA) is 32.5 Å². The molecule has 1 aliphatic heterocycles. The quantitative estimate of drug-likeness (QED) is 0.824. The summed E-state index contributed by atoms with van der Waals surface area (Å²) in [6.45, 7) is 6.74. The summed E-state index contributed by atoms with van der Waals surface area (Å²) in [6, 6.07) is 11.8. The van der Waals surface area contributed by atoms with Crippen molar-refractivity contribution in [2.24, 2.45) is 11.7 Å². The first-order chi connectivity index (χ1) is 9.85. The van der Waals surface area contributed by atoms with Crippen molar-refractivity contribution in [3.63, 3.8) is 0 Å². The van der Waals surface area contributed by atoms with Crippen LogP contribution in [0.15, 0.2) is 30.3 Å². The molecule has 0 amide bonds. The summed E-state index contributed by atoms with van der Waals surface area (Å²) in [5, 5.41) is 0. The van der Waals surface area contributed by atoms with E-state index in [1.165, 1.54) is 44.5 Å². The molecule has 1 atom stereocenters. The highest BCUT2D eigenvalue weighted by molar-refractivity contribution is 5.15. The minimum absolute atomic E-state index is 0.795. The van der Waals surface area contributed by atoms with Gasteiger partial charge in [-0.3, -0.25) is 4.90 Å². The van der Waals surface area contributed by atoms with Crippen molar-refractivity contribution in [2.75, 3.05) is 32.7 Å². The average Bonchev–Trinajstić information content (AvgIpc) is 3.22. The lowest BCUT2D eigenvalue weighted by molar-refractivity contribution is 0.210. The number of nitrogens with two attached hydrogens (primary N) is 1. The summed E-state index contributed by atoms with van der Waals surface area (Å²) in [5.41, 5.74) is 7.12. The van der Waals surface area contributed by atoms with E-state index in [0.717, 1.165) is 31.6 Å². The van der Waals surface area contributed by atoms with Gasteiger partial charge in [-0.05, 0) is 37.3 Å². The fourth-order valence-electron chi connectivity index (χ4n) is 3.38. The van der Waals surface area contributed by atoms with Gasteiger partial charge in [0.2, 0.25) is 0 Å². The molecule has 3 heteroatoms. The van der Waals surface area contributed by atoms with E-state index >= 15 is 0 Å². The van der Waals surface area contributed by atoms with Crippen LogP contribution in [0.3, 0.4) is 0 Å². The van der Waals surface area contributed by atoms with Crippen molar-refractivity contribution in [3.05, 3.63) is 35.9 Å². The average molecular weight is 273 g/mol. The molecule has 1 aromatic carbocycles. The molecule has 0 unspecified atom stereocenters. The fraction of sp³-hybridized carbons (Fsp3) is 0.647. The van der Waals surface area contributed by atoms with Crippen molar-refractivity contribution in [3.8, 4) is 0 Å². The normalized spacial score (nSPS) is 23.6. The molecule has 0 spiro atoms. The minimum Gasteiger partial charge on any atom is -0.329 e. The largest absolute Gasteiger partial charge is 0.329 e. The molecule has 0 radical (unpaired) electrons. The van der Waals surface area contributed by atoms with E-state index in [2.05, 4.69) is 40.1 Å². The van der Waals surface area contributed by atoms with Crippen LogP contribution in [0.1, 0.15) is 24.8 Å². The molecule has 0 bridgehead atoms. The van der Waals surface area contributed by atoms with Gasteiger partial charge in [-0.1, -0.05) is 30.3 Å². The van der Waals surface area contributed by atoms with Crippen LogP contribution in [0.25, 0.3) is 0 Å². The summed E-state index contributed by atoms with van der Waals surface area (Å²) in [6.07, 6.45) is 4.14. The Bertz CT molecular complexity index is 402. The maximum absolute atomic E-state index is 5.66. The molecule has 1 saturated carbocycles. The molecule has 1 saturated heterocycles. The van der Waals surface area contributed by atoms with Crippen LogP contribution in [0.4, 0.5) is 0 Å². The van der Waals surface area contributed by atoms with Crippen LogP contribution in [-0.4, -0.2) is 48.6 Å². The molecule has 1 aromatic rings. The summed E-state index contributed by atoms with van der Waals surface area (Å²) in [5.74, 6) is 0.839. The molecular formula is C17H27N3. The second-order valence-electron chi connectivity index (χ2n) is 6.39. The third kappa shape index (κ3) is 3.81. The Kier molecular flexibility index (Phi) is 4.71. The van der Waals surface area contributed by atoms with Gasteiger partial charge in [0.25, 0.3) is 0 Å². The van der Waals surface area contributed by atoms with E-state index in [0.29, 0.717) is 0 Å². The number of rotatable bonds is 7. The fourth-order valence-corrected chi connectivity index (χ4v) is 3.38. The molecule has 20 heavy (non-hydrogen) atoms. The SMILES string of the molecule is NCCN1CC[C@@H](CN(Cc2ccccc2)C2CC2)C1. The second kappa shape index (κ2) is 6.70. The van der Waals surface area contributed by atoms with Gasteiger partial charge in [0.1, 0.15) is 0 Å². The molecule has 110 valence electrons. The molecule has 2 fully saturated rings. The Hall–Kier alpha value is -0.900. The van der Waals surface area contributed by atoms with Gasteiger partial charge in [-0.2, -0.15) is 0 Å². The molecule has 2 aliphatic rings. The molecule has 3 nitrogen and oxygen atoms in total. The predicted molar refractivity (Wildman–Crippen MR) is 83.5 cm³/mol. The van der Waals surface area contributed by atoms with Crippen LogP contribution < -0.4 is 5.73 Å². The van der Waals surface area contributed by atoms with Gasteiger partial charge in [0.15, 0.2) is 0 Å². The number of likely N-dealkylation sites (tertiary alicyclic amines) is 1. The molecule has 2 N–H and O–H groups in total. The standard InChI is InChI=1S/C17H27N3/c18-9-11-19-10-8-16(12-19)14-20(17-6-7-17)13-15-4-2-1-3-5-15/h1-5,16-17H,6-14,18H2/t16-/m1/s1. The van der Waals surface area contributed by atoms with Crippen LogP contribution in [0, 0.1) is 5.92 Å². The van der Waals surface area contributed by atoms with Gasteiger partial charge in [0, 0.05) is 38.8 Å². The first kappa shape index (κ1) is 14.1. The summed E-state index contributed by atoms with van der Waals surface area (Å²) in [7, 11) is 0. The van der Waals surface area contributed by atoms with Crippen molar-refractivity contribution in [1.82, 2.24) is 9.80 Å². The third-order valence-electron chi connectivity index (χ3n) is 4.60. The maximum atomic E-state index is 5.66. The summed E-state index contributed by atoms with van der Waals surface area (Å²) >= 11 is 0. The van der Waals surface area contributed by atoms with E-state index in [4.69, 9.17) is 5.73 Å². The summed E-state index contributed by atoms with van der Waals surface area (Å²) in [4.78, 5) is 5.24. The zero-order valence-corrected chi connectivity index (χ0v) is 12.4. The zero-order chi connectivity index (χ0) is 13.8. The van der Waals surface area contributed by atoms with Gasteiger partial charge in [-0.25, -0.2) is 0 Å². The van der Waals surface area contributed by atoms with Crippen LogP contribution in [0.2, 0.25) is 0 Å². The third-order valence-corrected chi connectivity index (χ3v) is 4.60. The van der Waals surface area contributed by atoms with E-state index in [9.17, 15) is 0 Å². The first-order valence-corrected chi connectivity index (χ1v) is 8.05. The first-order valence-electron chi connectivity index (χ1n) is 8.05. The van der Waals surface area contributed by atoms with Crippen molar-refractivity contribution in [1.29, 1.82) is 0 Å².